The van der Waals surface area contributed by atoms with Crippen LogP contribution in [0, 0.1) is 5.92 Å². The maximum absolute atomic E-state index is 11.3. The van der Waals surface area contributed by atoms with Gasteiger partial charge in [0.2, 0.25) is 5.91 Å². The molecule has 17 heavy (non-hydrogen) atoms. The van der Waals surface area contributed by atoms with Crippen LogP contribution in [-0.4, -0.2) is 51.0 Å². The average Bonchev–Trinajstić information content (AvgIpc) is 2.30. The molecule has 0 bridgehead atoms. The van der Waals surface area contributed by atoms with Crippen LogP contribution >= 0.6 is 0 Å². The summed E-state index contributed by atoms with van der Waals surface area (Å²) >= 11 is 0. The first kappa shape index (κ1) is 16.4. The molecule has 0 aliphatic heterocycles. The summed E-state index contributed by atoms with van der Waals surface area (Å²) in [6.45, 7) is 4.54. The van der Waals surface area contributed by atoms with Gasteiger partial charge in [0.1, 0.15) is 0 Å². The molecular weight excluding hydrogens is 220 g/mol. The Morgan fingerprint density at radius 1 is 1.41 bits per heavy atom. The Labute approximate surface area is 104 Å². The number of aliphatic hydroxyl groups excluding tert-OH is 1. The zero-order valence-corrected chi connectivity index (χ0v) is 11.0. The molecule has 1 unspecified atom stereocenters. The van der Waals surface area contributed by atoms with E-state index in [1.165, 1.54) is 0 Å². The van der Waals surface area contributed by atoms with Gasteiger partial charge in [-0.1, -0.05) is 13.3 Å². The van der Waals surface area contributed by atoms with E-state index >= 15 is 0 Å². The van der Waals surface area contributed by atoms with Crippen LogP contribution < -0.4 is 10.6 Å². The van der Waals surface area contributed by atoms with Crippen molar-refractivity contribution in [2.24, 2.45) is 5.92 Å². The van der Waals surface area contributed by atoms with E-state index in [-0.39, 0.29) is 12.5 Å². The Hall–Kier alpha value is -0.650. The first-order chi connectivity index (χ1) is 8.24. The molecule has 0 fully saturated rings. The summed E-state index contributed by atoms with van der Waals surface area (Å²) in [5.74, 6) is 0.443. The minimum Gasteiger partial charge on any atom is -0.396 e. The van der Waals surface area contributed by atoms with Gasteiger partial charge in [-0.15, -0.1) is 0 Å². The van der Waals surface area contributed by atoms with Crippen LogP contribution in [0.5, 0.6) is 0 Å². The molecule has 1 amide bonds. The number of carbonyl (C=O) groups is 1. The number of rotatable bonds is 11. The van der Waals surface area contributed by atoms with Gasteiger partial charge in [0.15, 0.2) is 0 Å². The summed E-state index contributed by atoms with van der Waals surface area (Å²) in [7, 11) is 1.61. The number of ether oxygens (including phenoxy) is 1. The van der Waals surface area contributed by atoms with Gasteiger partial charge in [-0.3, -0.25) is 4.79 Å². The molecule has 0 spiro atoms. The van der Waals surface area contributed by atoms with Gasteiger partial charge in [-0.2, -0.15) is 0 Å². The topological polar surface area (TPSA) is 70.6 Å². The number of nitrogens with one attached hydrogen (secondary N) is 2. The van der Waals surface area contributed by atoms with E-state index < -0.39 is 0 Å². The van der Waals surface area contributed by atoms with Gasteiger partial charge in [-0.05, 0) is 25.3 Å². The van der Waals surface area contributed by atoms with E-state index in [9.17, 15) is 4.79 Å². The SMILES string of the molecule is CCCC(CCO)CNCC(=O)NCCOC. The molecule has 1 atom stereocenters. The molecule has 0 saturated carbocycles. The van der Waals surface area contributed by atoms with Crippen LogP contribution in [0.2, 0.25) is 0 Å². The quantitative estimate of drug-likeness (QED) is 0.453. The summed E-state index contributed by atoms with van der Waals surface area (Å²) in [5.41, 5.74) is 0. The summed E-state index contributed by atoms with van der Waals surface area (Å²) in [6.07, 6.45) is 2.98. The molecule has 0 aliphatic rings. The van der Waals surface area contributed by atoms with Gasteiger partial charge >= 0.3 is 0 Å². The Bertz CT molecular complexity index is 183. The lowest BCUT2D eigenvalue weighted by Gasteiger charge is -2.15. The maximum atomic E-state index is 11.3. The van der Waals surface area contributed by atoms with Crippen molar-refractivity contribution in [2.75, 3.05) is 40.0 Å². The summed E-state index contributed by atoms with van der Waals surface area (Å²) in [6, 6.07) is 0. The average molecular weight is 246 g/mol. The van der Waals surface area contributed by atoms with Crippen molar-refractivity contribution >= 4 is 5.91 Å². The predicted octanol–water partition coefficient (Wildman–Crippen LogP) is 0.137. The fourth-order valence-electron chi connectivity index (χ4n) is 1.68. The highest BCUT2D eigenvalue weighted by atomic mass is 16.5. The Kier molecular flexibility index (Phi) is 11.4. The van der Waals surface area contributed by atoms with Crippen LogP contribution in [0.1, 0.15) is 26.2 Å². The van der Waals surface area contributed by atoms with E-state index in [4.69, 9.17) is 9.84 Å². The molecule has 5 nitrogen and oxygen atoms in total. The van der Waals surface area contributed by atoms with Gasteiger partial charge in [0.05, 0.1) is 13.2 Å². The number of carbonyl (C=O) groups excluding carboxylic acids is 1. The molecule has 0 radical (unpaired) electrons. The van der Waals surface area contributed by atoms with Crippen LogP contribution in [0.15, 0.2) is 0 Å². The standard InChI is InChI=1S/C12H26N2O3/c1-3-4-11(5-7-15)9-13-10-12(16)14-6-8-17-2/h11,13,15H,3-10H2,1-2H3,(H,14,16). The highest BCUT2D eigenvalue weighted by Gasteiger charge is 2.07. The smallest absolute Gasteiger partial charge is 0.234 e. The Balaban J connectivity index is 3.54. The third kappa shape index (κ3) is 10.2. The summed E-state index contributed by atoms with van der Waals surface area (Å²) < 4.78 is 4.84. The third-order valence-corrected chi connectivity index (χ3v) is 2.58. The van der Waals surface area contributed by atoms with E-state index in [0.29, 0.717) is 25.6 Å². The van der Waals surface area contributed by atoms with Crippen molar-refractivity contribution in [3.8, 4) is 0 Å². The number of hydrogen-bond acceptors (Lipinski definition) is 4. The number of amides is 1. The molecule has 0 aliphatic carbocycles. The van der Waals surface area contributed by atoms with Gasteiger partial charge in [0, 0.05) is 20.3 Å². The number of methoxy groups -OCH3 is 1. The predicted molar refractivity (Wildman–Crippen MR) is 67.9 cm³/mol. The number of aliphatic hydroxyl groups is 1. The van der Waals surface area contributed by atoms with Crippen LogP contribution in [-0.2, 0) is 9.53 Å². The molecule has 0 aromatic carbocycles. The van der Waals surface area contributed by atoms with Crippen molar-refractivity contribution < 1.29 is 14.6 Å². The molecule has 102 valence electrons. The van der Waals surface area contributed by atoms with Crippen LogP contribution in [0.3, 0.4) is 0 Å². The summed E-state index contributed by atoms with van der Waals surface area (Å²) in [4.78, 5) is 11.3. The fourth-order valence-corrected chi connectivity index (χ4v) is 1.68. The molecule has 0 saturated heterocycles. The van der Waals surface area contributed by atoms with E-state index in [1.54, 1.807) is 7.11 Å². The lowest BCUT2D eigenvalue weighted by Crippen LogP contribution is -2.37. The fraction of sp³-hybridized carbons (Fsp3) is 0.917. The van der Waals surface area contributed by atoms with Crippen LogP contribution in [0.4, 0.5) is 0 Å². The van der Waals surface area contributed by atoms with Crippen molar-refractivity contribution in [1.29, 1.82) is 0 Å². The van der Waals surface area contributed by atoms with Crippen molar-refractivity contribution in [2.45, 2.75) is 26.2 Å². The van der Waals surface area contributed by atoms with Crippen molar-refractivity contribution in [1.82, 2.24) is 10.6 Å². The second-order valence-corrected chi connectivity index (χ2v) is 4.14. The molecular formula is C12H26N2O3. The normalized spacial score (nSPS) is 12.4. The lowest BCUT2D eigenvalue weighted by atomic mass is 10.0. The minimum atomic E-state index is -0.0127. The molecule has 3 N–H and O–H groups in total. The highest BCUT2D eigenvalue weighted by molar-refractivity contribution is 5.77. The first-order valence-electron chi connectivity index (χ1n) is 6.31. The molecule has 0 aromatic heterocycles. The molecule has 0 aromatic rings. The first-order valence-corrected chi connectivity index (χ1v) is 6.31. The second kappa shape index (κ2) is 11.8. The second-order valence-electron chi connectivity index (χ2n) is 4.14. The Morgan fingerprint density at radius 3 is 2.76 bits per heavy atom. The third-order valence-electron chi connectivity index (χ3n) is 2.58. The highest BCUT2D eigenvalue weighted by Crippen LogP contribution is 2.08. The van der Waals surface area contributed by atoms with Crippen molar-refractivity contribution in [3.63, 3.8) is 0 Å². The zero-order valence-electron chi connectivity index (χ0n) is 11.0. The monoisotopic (exact) mass is 246 g/mol. The van der Waals surface area contributed by atoms with Crippen LogP contribution in [0.25, 0.3) is 0 Å². The minimum absolute atomic E-state index is 0.0127. The Morgan fingerprint density at radius 2 is 2.18 bits per heavy atom. The zero-order chi connectivity index (χ0) is 12.9. The largest absolute Gasteiger partial charge is 0.396 e. The van der Waals surface area contributed by atoms with E-state index in [1.807, 2.05) is 0 Å². The molecule has 5 heteroatoms. The van der Waals surface area contributed by atoms with Gasteiger partial charge in [0.25, 0.3) is 0 Å². The maximum Gasteiger partial charge on any atom is 0.234 e. The summed E-state index contributed by atoms with van der Waals surface area (Å²) in [5, 5.41) is 14.8. The molecule has 0 heterocycles. The van der Waals surface area contributed by atoms with Gasteiger partial charge < -0.3 is 20.5 Å². The number of hydrogen-bond donors (Lipinski definition) is 3. The van der Waals surface area contributed by atoms with Crippen molar-refractivity contribution in [3.05, 3.63) is 0 Å². The lowest BCUT2D eigenvalue weighted by molar-refractivity contribution is -0.120. The van der Waals surface area contributed by atoms with E-state index in [0.717, 1.165) is 25.8 Å². The van der Waals surface area contributed by atoms with Gasteiger partial charge in [-0.25, -0.2) is 0 Å². The van der Waals surface area contributed by atoms with E-state index in [2.05, 4.69) is 17.6 Å². The molecule has 0 rings (SSSR count).